The minimum absolute atomic E-state index is 0.00671. The molecule has 1 heterocycles. The van der Waals surface area contributed by atoms with E-state index in [-0.39, 0.29) is 23.5 Å². The molecule has 1 fully saturated rings. The lowest BCUT2D eigenvalue weighted by molar-refractivity contribution is -0.132. The number of nitrogens with zero attached hydrogens (tertiary/aromatic N) is 1. The minimum atomic E-state index is -0.283. The Morgan fingerprint density at radius 1 is 1.25 bits per heavy atom. The third kappa shape index (κ3) is 4.91. The molecule has 130 valence electrons. The van der Waals surface area contributed by atoms with Crippen molar-refractivity contribution in [2.75, 3.05) is 13.1 Å². The van der Waals surface area contributed by atoms with E-state index in [0.717, 1.165) is 17.6 Å². The number of benzene rings is 1. The largest absolute Gasteiger partial charge is 0.352 e. The van der Waals surface area contributed by atoms with Crippen LogP contribution in [0, 0.1) is 11.7 Å². The van der Waals surface area contributed by atoms with Crippen LogP contribution >= 0.6 is 0 Å². The highest BCUT2D eigenvalue weighted by molar-refractivity contribution is 5.93. The van der Waals surface area contributed by atoms with E-state index in [1.54, 1.807) is 12.1 Å². The summed E-state index contributed by atoms with van der Waals surface area (Å²) in [6.07, 6.45) is 4.14. The zero-order valence-electron chi connectivity index (χ0n) is 14.3. The third-order valence-corrected chi connectivity index (χ3v) is 4.38. The number of amides is 2. The van der Waals surface area contributed by atoms with E-state index in [4.69, 9.17) is 0 Å². The topological polar surface area (TPSA) is 49.4 Å². The first kappa shape index (κ1) is 18.2. The lowest BCUT2D eigenvalue weighted by Crippen LogP contribution is -2.43. The van der Waals surface area contributed by atoms with Gasteiger partial charge in [-0.25, -0.2) is 4.39 Å². The third-order valence-electron chi connectivity index (χ3n) is 4.38. The van der Waals surface area contributed by atoms with E-state index in [2.05, 4.69) is 5.32 Å². The van der Waals surface area contributed by atoms with Gasteiger partial charge in [0.05, 0.1) is 0 Å². The highest BCUT2D eigenvalue weighted by Gasteiger charge is 2.27. The molecule has 2 amide bonds. The smallest absolute Gasteiger partial charge is 0.249 e. The maximum absolute atomic E-state index is 12.9. The van der Waals surface area contributed by atoms with Crippen LogP contribution in [-0.4, -0.2) is 29.8 Å². The molecule has 0 atom stereocenters. The second kappa shape index (κ2) is 8.62. The van der Waals surface area contributed by atoms with Crippen LogP contribution in [0.25, 0.3) is 0 Å². The van der Waals surface area contributed by atoms with Gasteiger partial charge in [-0.05, 0) is 43.9 Å². The van der Waals surface area contributed by atoms with Crippen LogP contribution in [0.2, 0.25) is 0 Å². The predicted molar refractivity (Wildman–Crippen MR) is 91.6 cm³/mol. The van der Waals surface area contributed by atoms with Gasteiger partial charge in [0, 0.05) is 31.1 Å². The van der Waals surface area contributed by atoms with Crippen molar-refractivity contribution >= 4 is 11.8 Å². The monoisotopic (exact) mass is 332 g/mol. The summed E-state index contributed by atoms with van der Waals surface area (Å²) in [5.74, 6) is -0.270. The molecule has 24 heavy (non-hydrogen) atoms. The predicted octanol–water partition coefficient (Wildman–Crippen LogP) is 3.04. The lowest BCUT2D eigenvalue weighted by atomic mass is 9.95. The second-order valence-electron chi connectivity index (χ2n) is 6.21. The Morgan fingerprint density at radius 2 is 1.88 bits per heavy atom. The van der Waals surface area contributed by atoms with Crippen LogP contribution in [0.4, 0.5) is 4.39 Å². The number of allylic oxidation sites excluding steroid dienone is 1. The van der Waals surface area contributed by atoms with Gasteiger partial charge >= 0.3 is 0 Å². The molecule has 0 radical (unpaired) electrons. The van der Waals surface area contributed by atoms with E-state index >= 15 is 0 Å². The molecule has 1 aliphatic heterocycles. The first-order valence-electron chi connectivity index (χ1n) is 8.49. The van der Waals surface area contributed by atoms with Crippen LogP contribution in [0.3, 0.4) is 0 Å². The van der Waals surface area contributed by atoms with Crippen molar-refractivity contribution in [3.05, 3.63) is 47.3 Å². The molecule has 2 rings (SSSR count). The molecule has 0 spiro atoms. The molecule has 5 heteroatoms. The van der Waals surface area contributed by atoms with Crippen molar-refractivity contribution in [2.24, 2.45) is 5.92 Å². The number of halogens is 1. The van der Waals surface area contributed by atoms with Gasteiger partial charge in [-0.15, -0.1) is 0 Å². The van der Waals surface area contributed by atoms with Crippen molar-refractivity contribution in [2.45, 2.75) is 39.7 Å². The molecule has 0 bridgehead atoms. The molecular formula is C19H25FN2O2. The Morgan fingerprint density at radius 3 is 2.46 bits per heavy atom. The number of carbonyl (C=O) groups is 2. The zero-order valence-corrected chi connectivity index (χ0v) is 14.3. The van der Waals surface area contributed by atoms with Crippen LogP contribution in [0.5, 0.6) is 0 Å². The summed E-state index contributed by atoms with van der Waals surface area (Å²) in [5.41, 5.74) is 1.65. The summed E-state index contributed by atoms with van der Waals surface area (Å²) in [7, 11) is 0. The molecule has 0 aliphatic carbocycles. The number of hydrogen-bond donors (Lipinski definition) is 1. The summed E-state index contributed by atoms with van der Waals surface area (Å²) in [5, 5.41) is 2.90. The Balaban J connectivity index is 1.79. The zero-order chi connectivity index (χ0) is 17.5. The molecule has 4 nitrogen and oxygen atoms in total. The Labute approximate surface area is 142 Å². The summed E-state index contributed by atoms with van der Waals surface area (Å²) < 4.78 is 12.9. The summed E-state index contributed by atoms with van der Waals surface area (Å²) >= 11 is 0. The minimum Gasteiger partial charge on any atom is -0.352 e. The van der Waals surface area contributed by atoms with Gasteiger partial charge in [-0.1, -0.05) is 25.1 Å². The van der Waals surface area contributed by atoms with Crippen molar-refractivity contribution in [1.29, 1.82) is 0 Å². The van der Waals surface area contributed by atoms with Crippen molar-refractivity contribution in [3.63, 3.8) is 0 Å². The lowest BCUT2D eigenvalue weighted by Gasteiger charge is -2.31. The maximum Gasteiger partial charge on any atom is 0.249 e. The Bertz CT molecular complexity index is 602. The molecule has 1 saturated heterocycles. The van der Waals surface area contributed by atoms with E-state index in [1.807, 2.05) is 24.8 Å². The van der Waals surface area contributed by atoms with Gasteiger partial charge in [0.15, 0.2) is 0 Å². The fraction of sp³-hybridized carbons (Fsp3) is 0.474. The number of piperidine rings is 1. The molecule has 1 aliphatic rings. The van der Waals surface area contributed by atoms with Crippen molar-refractivity contribution in [1.82, 2.24) is 10.2 Å². The van der Waals surface area contributed by atoms with Crippen molar-refractivity contribution in [3.8, 4) is 0 Å². The fourth-order valence-electron chi connectivity index (χ4n) is 2.92. The Kier molecular flexibility index (Phi) is 6.53. The Hall–Kier alpha value is -2.17. The van der Waals surface area contributed by atoms with Gasteiger partial charge < -0.3 is 10.2 Å². The molecule has 1 N–H and O–H groups in total. The fourth-order valence-corrected chi connectivity index (χ4v) is 2.92. The quantitative estimate of drug-likeness (QED) is 0.843. The summed E-state index contributed by atoms with van der Waals surface area (Å²) in [4.78, 5) is 26.3. The SMILES string of the molecule is CCC=C(C)C(=O)N1CCC(C(=O)NCc2ccc(F)cc2)CC1. The second-order valence-corrected chi connectivity index (χ2v) is 6.21. The average Bonchev–Trinajstić information content (AvgIpc) is 2.60. The van der Waals surface area contributed by atoms with Gasteiger partial charge in [0.1, 0.15) is 5.82 Å². The summed E-state index contributed by atoms with van der Waals surface area (Å²) in [6.45, 7) is 5.48. The van der Waals surface area contributed by atoms with E-state index < -0.39 is 0 Å². The highest BCUT2D eigenvalue weighted by atomic mass is 19.1. The van der Waals surface area contributed by atoms with Gasteiger partial charge in [0.25, 0.3) is 0 Å². The van der Waals surface area contributed by atoms with Crippen LogP contribution in [0.15, 0.2) is 35.9 Å². The van der Waals surface area contributed by atoms with E-state index in [9.17, 15) is 14.0 Å². The number of hydrogen-bond acceptors (Lipinski definition) is 2. The van der Waals surface area contributed by atoms with Gasteiger partial charge in [-0.3, -0.25) is 9.59 Å². The van der Waals surface area contributed by atoms with Crippen LogP contribution in [-0.2, 0) is 16.1 Å². The molecule has 0 unspecified atom stereocenters. The summed E-state index contributed by atoms with van der Waals surface area (Å²) in [6, 6.07) is 6.11. The average molecular weight is 332 g/mol. The van der Waals surface area contributed by atoms with E-state index in [0.29, 0.717) is 32.5 Å². The van der Waals surface area contributed by atoms with Crippen LogP contribution < -0.4 is 5.32 Å². The first-order valence-corrected chi connectivity index (χ1v) is 8.49. The van der Waals surface area contributed by atoms with Gasteiger partial charge in [0.2, 0.25) is 11.8 Å². The van der Waals surface area contributed by atoms with Gasteiger partial charge in [-0.2, -0.15) is 0 Å². The molecule has 0 aromatic heterocycles. The standard InChI is InChI=1S/C19H25FN2O2/c1-3-4-14(2)19(24)22-11-9-16(10-12-22)18(23)21-13-15-5-7-17(20)8-6-15/h4-8,16H,3,9-13H2,1-2H3,(H,21,23). The number of nitrogens with one attached hydrogen (secondary N) is 1. The number of rotatable bonds is 5. The molecule has 1 aromatic carbocycles. The van der Waals surface area contributed by atoms with Crippen LogP contribution in [0.1, 0.15) is 38.7 Å². The maximum atomic E-state index is 12.9. The van der Waals surface area contributed by atoms with Crippen molar-refractivity contribution < 1.29 is 14.0 Å². The van der Waals surface area contributed by atoms with E-state index in [1.165, 1.54) is 12.1 Å². The number of likely N-dealkylation sites (tertiary alicyclic amines) is 1. The molecule has 0 saturated carbocycles. The normalized spacial score (nSPS) is 16.1. The number of carbonyl (C=O) groups excluding carboxylic acids is 2. The molecular weight excluding hydrogens is 307 g/mol. The first-order chi connectivity index (χ1) is 11.5. The molecule has 1 aromatic rings. The highest BCUT2D eigenvalue weighted by Crippen LogP contribution is 2.19.